The molecule has 1 aliphatic heterocycles. The zero-order chi connectivity index (χ0) is 13.0. The van der Waals surface area contributed by atoms with Gasteiger partial charge in [-0.2, -0.15) is 0 Å². The van der Waals surface area contributed by atoms with Gasteiger partial charge in [0.15, 0.2) is 0 Å². The van der Waals surface area contributed by atoms with Crippen LogP contribution in [0.5, 0.6) is 0 Å². The molecule has 100 valence electrons. The molecule has 1 heterocycles. The second kappa shape index (κ2) is 6.31. The van der Waals surface area contributed by atoms with E-state index in [9.17, 15) is 9.18 Å². The highest BCUT2D eigenvalue weighted by atomic mass is 19.1. The van der Waals surface area contributed by atoms with Crippen LogP contribution in [0, 0.1) is 5.92 Å². The Hall–Kier alpha value is -0.680. The number of carboxylic acids is 1. The van der Waals surface area contributed by atoms with Crippen LogP contribution in [0.4, 0.5) is 4.39 Å². The Morgan fingerprint density at radius 1 is 1.59 bits per heavy atom. The van der Waals surface area contributed by atoms with Crippen LogP contribution in [-0.2, 0) is 4.79 Å². The number of aliphatic carboxylic acids is 1. The van der Waals surface area contributed by atoms with Crippen molar-refractivity contribution in [2.24, 2.45) is 5.92 Å². The van der Waals surface area contributed by atoms with Crippen LogP contribution in [0.3, 0.4) is 0 Å². The van der Waals surface area contributed by atoms with E-state index in [0.717, 1.165) is 13.0 Å². The Kier molecular flexibility index (Phi) is 5.33. The number of alkyl halides is 1. The standard InChI is InChI=1S/C12H23FN2O2/c1-9(2)15-5-4-10(11(13)7-15)6-14(3)8-12(16)17/h9-11H,4-8H2,1-3H3,(H,16,17). The second-order valence-electron chi connectivity index (χ2n) is 5.24. The minimum absolute atomic E-state index is 0.0168. The lowest BCUT2D eigenvalue weighted by molar-refractivity contribution is -0.138. The lowest BCUT2D eigenvalue weighted by atomic mass is 9.93. The number of hydrogen-bond acceptors (Lipinski definition) is 3. The molecule has 0 saturated carbocycles. The Balaban J connectivity index is 2.39. The number of hydrogen-bond donors (Lipinski definition) is 1. The molecule has 1 saturated heterocycles. The molecule has 0 spiro atoms. The van der Waals surface area contributed by atoms with Gasteiger partial charge in [-0.3, -0.25) is 14.6 Å². The number of carboxylic acid groups (broad SMARTS) is 1. The summed E-state index contributed by atoms with van der Waals surface area (Å²) in [6.45, 7) is 6.04. The van der Waals surface area contributed by atoms with E-state index >= 15 is 0 Å². The Morgan fingerprint density at radius 3 is 2.71 bits per heavy atom. The lowest BCUT2D eigenvalue weighted by Gasteiger charge is -2.38. The van der Waals surface area contributed by atoms with E-state index in [2.05, 4.69) is 18.7 Å². The van der Waals surface area contributed by atoms with Crippen LogP contribution in [0.25, 0.3) is 0 Å². The van der Waals surface area contributed by atoms with Crippen molar-refractivity contribution in [3.63, 3.8) is 0 Å². The highest BCUT2D eigenvalue weighted by molar-refractivity contribution is 5.68. The van der Waals surface area contributed by atoms with Gasteiger partial charge in [0.2, 0.25) is 0 Å². The van der Waals surface area contributed by atoms with Gasteiger partial charge in [-0.05, 0) is 33.9 Å². The molecular weight excluding hydrogens is 223 g/mol. The molecule has 4 nitrogen and oxygen atoms in total. The van der Waals surface area contributed by atoms with Crippen molar-refractivity contribution in [3.8, 4) is 0 Å². The average molecular weight is 246 g/mol. The van der Waals surface area contributed by atoms with Crippen molar-refractivity contribution < 1.29 is 14.3 Å². The van der Waals surface area contributed by atoms with Crippen LogP contribution < -0.4 is 0 Å². The Bertz CT molecular complexity index is 261. The summed E-state index contributed by atoms with van der Waals surface area (Å²) in [5, 5.41) is 8.65. The summed E-state index contributed by atoms with van der Waals surface area (Å²) in [5.74, 6) is -0.892. The number of likely N-dealkylation sites (N-methyl/N-ethyl adjacent to an activating group) is 1. The zero-order valence-corrected chi connectivity index (χ0v) is 10.9. The number of rotatable bonds is 5. The van der Waals surface area contributed by atoms with Gasteiger partial charge in [0.1, 0.15) is 6.17 Å². The van der Waals surface area contributed by atoms with Crippen molar-refractivity contribution in [1.82, 2.24) is 9.80 Å². The van der Waals surface area contributed by atoms with Crippen molar-refractivity contribution in [2.45, 2.75) is 32.5 Å². The summed E-state index contributed by atoms with van der Waals surface area (Å²) in [4.78, 5) is 14.4. The van der Waals surface area contributed by atoms with Gasteiger partial charge in [-0.1, -0.05) is 0 Å². The van der Waals surface area contributed by atoms with Crippen LogP contribution in [0.2, 0.25) is 0 Å². The van der Waals surface area contributed by atoms with E-state index in [1.807, 2.05) is 0 Å². The first kappa shape index (κ1) is 14.4. The first-order valence-electron chi connectivity index (χ1n) is 6.18. The summed E-state index contributed by atoms with van der Waals surface area (Å²) in [6.07, 6.45) is -0.0362. The van der Waals surface area contributed by atoms with Gasteiger partial charge < -0.3 is 5.11 Å². The molecule has 1 rings (SSSR count). The lowest BCUT2D eigenvalue weighted by Crippen LogP contribution is -2.48. The molecule has 5 heteroatoms. The predicted molar refractivity (Wildman–Crippen MR) is 64.8 cm³/mol. The molecule has 1 aliphatic rings. The van der Waals surface area contributed by atoms with E-state index in [4.69, 9.17) is 5.11 Å². The molecule has 0 bridgehead atoms. The molecule has 2 unspecified atom stereocenters. The molecule has 0 aromatic rings. The minimum Gasteiger partial charge on any atom is -0.480 e. The third kappa shape index (κ3) is 4.60. The SMILES string of the molecule is CC(C)N1CCC(CN(C)CC(=O)O)C(F)C1. The second-order valence-corrected chi connectivity index (χ2v) is 5.24. The molecule has 0 aromatic carbocycles. The molecule has 17 heavy (non-hydrogen) atoms. The van der Waals surface area contributed by atoms with E-state index in [1.165, 1.54) is 0 Å². The molecule has 2 atom stereocenters. The van der Waals surface area contributed by atoms with E-state index in [1.54, 1.807) is 11.9 Å². The van der Waals surface area contributed by atoms with Crippen LogP contribution in [0.1, 0.15) is 20.3 Å². The quantitative estimate of drug-likeness (QED) is 0.788. The predicted octanol–water partition coefficient (Wildman–Crippen LogP) is 1.07. The number of nitrogens with zero attached hydrogens (tertiary/aromatic N) is 2. The van der Waals surface area contributed by atoms with Crippen molar-refractivity contribution >= 4 is 5.97 Å². The molecule has 1 N–H and O–H groups in total. The summed E-state index contributed by atoms with van der Waals surface area (Å²) >= 11 is 0. The van der Waals surface area contributed by atoms with E-state index in [-0.39, 0.29) is 12.5 Å². The normalized spacial score (nSPS) is 26.7. The fourth-order valence-electron chi connectivity index (χ4n) is 2.35. The fourth-order valence-corrected chi connectivity index (χ4v) is 2.35. The highest BCUT2D eigenvalue weighted by Gasteiger charge is 2.30. The molecule has 0 aromatic heterocycles. The van der Waals surface area contributed by atoms with Gasteiger partial charge in [-0.15, -0.1) is 0 Å². The molecular formula is C12H23FN2O2. The van der Waals surface area contributed by atoms with Gasteiger partial charge in [-0.25, -0.2) is 4.39 Å². The third-order valence-electron chi connectivity index (χ3n) is 3.39. The van der Waals surface area contributed by atoms with Crippen molar-refractivity contribution in [1.29, 1.82) is 0 Å². The van der Waals surface area contributed by atoms with Crippen LogP contribution in [0.15, 0.2) is 0 Å². The van der Waals surface area contributed by atoms with Gasteiger partial charge in [0.25, 0.3) is 0 Å². The number of carbonyl (C=O) groups is 1. The number of halogens is 1. The number of piperidine rings is 1. The van der Waals surface area contributed by atoms with Crippen molar-refractivity contribution in [2.75, 3.05) is 33.2 Å². The summed E-state index contributed by atoms with van der Waals surface area (Å²) in [6, 6.07) is 0.381. The topological polar surface area (TPSA) is 43.8 Å². The Labute approximate surface area is 102 Å². The molecule has 0 amide bonds. The van der Waals surface area contributed by atoms with E-state index < -0.39 is 12.1 Å². The molecule has 0 aliphatic carbocycles. The summed E-state index contributed by atoms with van der Waals surface area (Å²) < 4.78 is 13.9. The largest absolute Gasteiger partial charge is 0.480 e. The third-order valence-corrected chi connectivity index (χ3v) is 3.39. The molecule has 0 radical (unpaired) electrons. The maximum atomic E-state index is 13.9. The van der Waals surface area contributed by atoms with Crippen molar-refractivity contribution in [3.05, 3.63) is 0 Å². The van der Waals surface area contributed by atoms with Gasteiger partial charge in [0.05, 0.1) is 6.54 Å². The Morgan fingerprint density at radius 2 is 2.24 bits per heavy atom. The zero-order valence-electron chi connectivity index (χ0n) is 10.9. The van der Waals surface area contributed by atoms with Crippen LogP contribution in [-0.4, -0.2) is 66.3 Å². The van der Waals surface area contributed by atoms with Gasteiger partial charge >= 0.3 is 5.97 Å². The first-order chi connectivity index (χ1) is 7.90. The monoisotopic (exact) mass is 246 g/mol. The first-order valence-corrected chi connectivity index (χ1v) is 6.18. The maximum absolute atomic E-state index is 13.9. The minimum atomic E-state index is -0.859. The smallest absolute Gasteiger partial charge is 0.317 e. The van der Waals surface area contributed by atoms with E-state index in [0.29, 0.717) is 19.1 Å². The summed E-state index contributed by atoms with van der Waals surface area (Å²) in [7, 11) is 1.73. The highest BCUT2D eigenvalue weighted by Crippen LogP contribution is 2.22. The summed E-state index contributed by atoms with van der Waals surface area (Å²) in [5.41, 5.74) is 0. The fraction of sp³-hybridized carbons (Fsp3) is 0.917. The molecule has 1 fully saturated rings. The average Bonchev–Trinajstić information content (AvgIpc) is 2.19. The van der Waals surface area contributed by atoms with Gasteiger partial charge in [0, 0.05) is 25.0 Å². The maximum Gasteiger partial charge on any atom is 0.317 e. The van der Waals surface area contributed by atoms with Crippen LogP contribution >= 0.6 is 0 Å². The number of likely N-dealkylation sites (tertiary alicyclic amines) is 1.